The quantitative estimate of drug-likeness (QED) is 0.0405. The number of anilines is 1. The van der Waals surface area contributed by atoms with Crippen LogP contribution in [0.3, 0.4) is 0 Å². The lowest BCUT2D eigenvalue weighted by Gasteiger charge is -2.21. The number of aliphatic hydroxyl groups excluding tert-OH is 4. The molecule has 0 aliphatic carbocycles. The minimum atomic E-state index is -5.38. The number of carbonyl (C=O) groups is 1. The van der Waals surface area contributed by atoms with Crippen LogP contribution in [0.1, 0.15) is 116 Å². The van der Waals surface area contributed by atoms with Crippen LogP contribution in [0.4, 0.5) is 5.82 Å². The van der Waals surface area contributed by atoms with Crippen molar-refractivity contribution in [2.75, 3.05) is 18.9 Å². The highest BCUT2D eigenvalue weighted by Crippen LogP contribution is 2.60. The van der Waals surface area contributed by atoms with Crippen molar-refractivity contribution in [2.24, 2.45) is 0 Å². The Balaban J connectivity index is 1.09. The normalized spacial score (nSPS) is 27.7. The summed E-state index contributed by atoms with van der Waals surface area (Å²) >= 11 is 0. The van der Waals surface area contributed by atoms with Gasteiger partial charge < -0.3 is 50.2 Å². The number of esters is 1. The molecule has 0 saturated carbocycles. The monoisotopic (exact) mass is 825 g/mol. The van der Waals surface area contributed by atoms with Gasteiger partial charge in [0.25, 0.3) is 0 Å². The largest absolute Gasteiger partial charge is 0.481 e. The maximum atomic E-state index is 12.5. The predicted octanol–water partition coefficient (Wildman–Crippen LogP) is 3.53. The molecule has 2 saturated heterocycles. The first-order valence-corrected chi connectivity index (χ1v) is 22.0. The third kappa shape index (κ3) is 14.0. The molecule has 8 N–H and O–H groups in total. The van der Waals surface area contributed by atoms with Crippen molar-refractivity contribution in [1.29, 1.82) is 0 Å². The highest BCUT2D eigenvalue weighted by Gasteiger charge is 2.48. The molecule has 2 aliphatic heterocycles. The summed E-state index contributed by atoms with van der Waals surface area (Å²) in [6.45, 7) is 0.408. The summed E-state index contributed by atoms with van der Waals surface area (Å²) in [4.78, 5) is 44.4. The number of carbonyl (C=O) groups excluding carboxylic acids is 1. The molecule has 0 spiro atoms. The SMILES string of the molecule is CCCCCCCCCCCCCCCCCC(=O)O[C@H]1C(O)O[C@H](COP(=O)(O)OP(=O)(O)OC[C@H]2O[C@@H](n3cnc4c(N)ncnc43)[C@H](O)[C@@H]2O)[C@H]1O. The predicted molar refractivity (Wildman–Crippen MR) is 195 cm³/mol. The molecule has 2 aliphatic rings. The van der Waals surface area contributed by atoms with Gasteiger partial charge in [0.15, 0.2) is 30.1 Å². The van der Waals surface area contributed by atoms with Crippen molar-refractivity contribution < 1.29 is 71.7 Å². The molecule has 0 bridgehead atoms. The number of nitrogen functional groups attached to an aromatic ring is 1. The summed E-state index contributed by atoms with van der Waals surface area (Å²) in [5, 5.41) is 41.8. The summed E-state index contributed by atoms with van der Waals surface area (Å²) < 4.78 is 55.9. The number of hydrogen-bond acceptors (Lipinski definition) is 17. The van der Waals surface area contributed by atoms with Crippen molar-refractivity contribution in [2.45, 2.75) is 159 Å². The fraction of sp³-hybridized carbons (Fsp3) is 0.818. The van der Waals surface area contributed by atoms with Crippen LogP contribution in [0.25, 0.3) is 11.2 Å². The number of nitrogens with zero attached hydrogens (tertiary/aromatic N) is 4. The van der Waals surface area contributed by atoms with E-state index in [4.69, 9.17) is 29.0 Å². The minimum Gasteiger partial charge on any atom is -0.454 e. The molecule has 0 amide bonds. The van der Waals surface area contributed by atoms with Gasteiger partial charge in [-0.1, -0.05) is 96.8 Å². The molecule has 20 nitrogen and oxygen atoms in total. The van der Waals surface area contributed by atoms with Crippen molar-refractivity contribution in [3.05, 3.63) is 12.7 Å². The smallest absolute Gasteiger partial charge is 0.454 e. The molecule has 22 heteroatoms. The van der Waals surface area contributed by atoms with Gasteiger partial charge in [0.1, 0.15) is 42.4 Å². The first kappa shape index (κ1) is 45.5. The van der Waals surface area contributed by atoms with Crippen LogP contribution >= 0.6 is 15.6 Å². The Hall–Kier alpha value is -2.16. The second-order valence-corrected chi connectivity index (χ2v) is 17.0. The van der Waals surface area contributed by atoms with E-state index in [1.165, 1.54) is 75.1 Å². The lowest BCUT2D eigenvalue weighted by Crippen LogP contribution is -2.38. The van der Waals surface area contributed by atoms with Gasteiger partial charge in [-0.15, -0.1) is 0 Å². The summed E-state index contributed by atoms with van der Waals surface area (Å²) in [6.07, 6.45) is 7.66. The molecule has 0 aromatic carbocycles. The molecule has 3 unspecified atom stereocenters. The van der Waals surface area contributed by atoms with E-state index in [1.807, 2.05) is 0 Å². The zero-order valence-electron chi connectivity index (χ0n) is 31.1. The van der Waals surface area contributed by atoms with E-state index in [0.717, 1.165) is 32.0 Å². The number of aliphatic hydroxyl groups is 4. The molecule has 2 aromatic heterocycles. The Bertz CT molecular complexity index is 1570. The van der Waals surface area contributed by atoms with Crippen molar-refractivity contribution >= 4 is 38.6 Å². The molecule has 4 heterocycles. The lowest BCUT2D eigenvalue weighted by atomic mass is 10.0. The van der Waals surface area contributed by atoms with E-state index < -0.39 is 84.0 Å². The first-order chi connectivity index (χ1) is 26.2. The van der Waals surface area contributed by atoms with Gasteiger partial charge in [0.2, 0.25) is 0 Å². The van der Waals surface area contributed by atoms with Gasteiger partial charge in [-0.05, 0) is 6.42 Å². The summed E-state index contributed by atoms with van der Waals surface area (Å²) in [7, 11) is -10.8. The second kappa shape index (κ2) is 22.1. The van der Waals surface area contributed by atoms with Gasteiger partial charge in [-0.25, -0.2) is 24.1 Å². The number of hydrogen-bond donors (Lipinski definition) is 7. The highest BCUT2D eigenvalue weighted by molar-refractivity contribution is 7.61. The van der Waals surface area contributed by atoms with Crippen LogP contribution in [0.2, 0.25) is 0 Å². The van der Waals surface area contributed by atoms with Gasteiger partial charge >= 0.3 is 21.6 Å². The molecule has 2 aromatic rings. The maximum absolute atomic E-state index is 12.5. The molecule has 0 radical (unpaired) electrons. The van der Waals surface area contributed by atoms with E-state index in [1.54, 1.807) is 0 Å². The van der Waals surface area contributed by atoms with Gasteiger partial charge in [0, 0.05) is 6.42 Å². The summed E-state index contributed by atoms with van der Waals surface area (Å²) in [5.41, 5.74) is 6.14. The number of rotatable bonds is 26. The molecule has 55 heavy (non-hydrogen) atoms. The zero-order chi connectivity index (χ0) is 40.0. The molecule has 2 fully saturated rings. The lowest BCUT2D eigenvalue weighted by molar-refractivity contribution is -0.173. The van der Waals surface area contributed by atoms with Gasteiger partial charge in [-0.2, -0.15) is 4.31 Å². The maximum Gasteiger partial charge on any atom is 0.481 e. The Morgan fingerprint density at radius 3 is 1.85 bits per heavy atom. The third-order valence-electron chi connectivity index (χ3n) is 9.57. The average molecular weight is 826 g/mol. The number of unbranched alkanes of at least 4 members (excludes halogenated alkanes) is 14. The Labute approximate surface area is 319 Å². The standard InChI is InChI=1S/C33H57N5O15P2/c1-2-3-4-5-6-7-8-9-10-11-12-13-14-15-16-17-24(39)52-29-27(41)23(51-33(29)43)19-49-55(46,47)53-54(44,45)48-18-22-26(40)28(42)32(50-22)38-21-37-25-30(34)35-20-36-31(25)38/h20-23,26-29,32-33,40-43H,2-19H2,1H3,(H,44,45)(H,46,47)(H2,34,35,36)/t22-,23-,26-,27-,28-,29-,32-,33?/m1/s1. The van der Waals surface area contributed by atoms with Crippen molar-refractivity contribution in [3.8, 4) is 0 Å². The number of nitrogens with two attached hydrogens (primary N) is 1. The average Bonchev–Trinajstić information content (AvgIpc) is 3.77. The van der Waals surface area contributed by atoms with Crippen LogP contribution in [-0.4, -0.2) is 112 Å². The zero-order valence-corrected chi connectivity index (χ0v) is 32.9. The van der Waals surface area contributed by atoms with Crippen LogP contribution in [0, 0.1) is 0 Å². The van der Waals surface area contributed by atoms with E-state index in [-0.39, 0.29) is 23.4 Å². The van der Waals surface area contributed by atoms with Crippen LogP contribution in [0.5, 0.6) is 0 Å². The third-order valence-corrected chi connectivity index (χ3v) is 12.2. The van der Waals surface area contributed by atoms with Gasteiger partial charge in [0.05, 0.1) is 19.5 Å². The number of imidazole rings is 1. The van der Waals surface area contributed by atoms with Gasteiger partial charge in [-0.3, -0.25) is 18.4 Å². The molecule has 314 valence electrons. The Morgan fingerprint density at radius 1 is 0.764 bits per heavy atom. The van der Waals surface area contributed by atoms with E-state index in [0.29, 0.717) is 6.42 Å². The molecule has 4 rings (SSSR count). The number of ether oxygens (including phenoxy) is 3. The van der Waals surface area contributed by atoms with Crippen molar-refractivity contribution in [3.63, 3.8) is 0 Å². The van der Waals surface area contributed by atoms with E-state index in [2.05, 4.69) is 26.2 Å². The molecular weight excluding hydrogens is 768 g/mol. The summed E-state index contributed by atoms with van der Waals surface area (Å²) in [6, 6.07) is 0. The van der Waals surface area contributed by atoms with Crippen molar-refractivity contribution in [1.82, 2.24) is 19.5 Å². The number of phosphoric ester groups is 2. The number of phosphoric acid groups is 2. The highest BCUT2D eigenvalue weighted by atomic mass is 31.3. The van der Waals surface area contributed by atoms with Crippen LogP contribution in [0.15, 0.2) is 12.7 Å². The fourth-order valence-electron chi connectivity index (χ4n) is 6.50. The Kier molecular flexibility index (Phi) is 18.3. The first-order valence-electron chi connectivity index (χ1n) is 19.0. The topological polar surface area (TPSA) is 298 Å². The minimum absolute atomic E-state index is 0.0554. The summed E-state index contributed by atoms with van der Waals surface area (Å²) in [5.74, 6) is -0.607. The Morgan fingerprint density at radius 2 is 1.29 bits per heavy atom. The molecule has 10 atom stereocenters. The molecular formula is C33H57N5O15P2. The van der Waals surface area contributed by atoms with Crippen LogP contribution in [-0.2, 0) is 41.5 Å². The van der Waals surface area contributed by atoms with E-state index in [9.17, 15) is 44.1 Å². The number of aromatic nitrogens is 4. The van der Waals surface area contributed by atoms with Crippen LogP contribution < -0.4 is 5.73 Å². The van der Waals surface area contributed by atoms with E-state index >= 15 is 0 Å². The number of fused-ring (bicyclic) bond motifs is 1. The fourth-order valence-corrected chi connectivity index (χ4v) is 8.59. The second-order valence-electron chi connectivity index (χ2n) is 13.9.